The highest BCUT2D eigenvalue weighted by Gasteiger charge is 2.39. The van der Waals surface area contributed by atoms with Crippen LogP contribution in [0.15, 0.2) is 77.0 Å². The zero-order valence-corrected chi connectivity index (χ0v) is 17.1. The number of anilines is 1. The molecule has 0 unspecified atom stereocenters. The van der Waals surface area contributed by atoms with Crippen LogP contribution in [0.5, 0.6) is 5.75 Å². The first-order chi connectivity index (χ1) is 15.5. The van der Waals surface area contributed by atoms with Crippen molar-refractivity contribution in [1.29, 1.82) is 0 Å². The number of hydrogen-bond acceptors (Lipinski definition) is 7. The van der Waals surface area contributed by atoms with E-state index in [4.69, 9.17) is 9.15 Å². The molecular weight excluding hydrogens is 414 g/mol. The number of nitrogens with one attached hydrogen (secondary N) is 1. The van der Waals surface area contributed by atoms with Gasteiger partial charge in [0, 0.05) is 23.9 Å². The molecule has 0 fully saturated rings. The first-order valence-electron chi connectivity index (χ1n) is 9.85. The molecule has 0 saturated heterocycles. The van der Waals surface area contributed by atoms with Crippen LogP contribution in [0.2, 0.25) is 0 Å². The maximum atomic E-state index is 13.2. The van der Waals surface area contributed by atoms with Crippen LogP contribution in [0.4, 0.5) is 11.4 Å². The molecule has 1 aliphatic heterocycles. The van der Waals surface area contributed by atoms with E-state index in [0.29, 0.717) is 29.4 Å². The van der Waals surface area contributed by atoms with Gasteiger partial charge in [-0.3, -0.25) is 24.6 Å². The average molecular weight is 433 g/mol. The Balaban J connectivity index is 1.74. The smallest absolute Gasteiger partial charge is 0.278 e. The topological polar surface area (TPSA) is 115 Å². The first-order valence-corrected chi connectivity index (χ1v) is 9.85. The van der Waals surface area contributed by atoms with Crippen molar-refractivity contribution in [2.24, 2.45) is 0 Å². The zero-order chi connectivity index (χ0) is 22.7. The van der Waals surface area contributed by atoms with Gasteiger partial charge in [0.1, 0.15) is 17.2 Å². The summed E-state index contributed by atoms with van der Waals surface area (Å²) < 4.78 is 10.8. The van der Waals surface area contributed by atoms with Gasteiger partial charge in [0.25, 0.3) is 17.5 Å². The summed E-state index contributed by atoms with van der Waals surface area (Å²) in [7, 11) is 0. The number of amides is 2. The Kier molecular flexibility index (Phi) is 5.71. The van der Waals surface area contributed by atoms with E-state index in [9.17, 15) is 19.7 Å². The second-order valence-corrected chi connectivity index (χ2v) is 6.92. The van der Waals surface area contributed by atoms with Crippen LogP contribution in [0.3, 0.4) is 0 Å². The highest BCUT2D eigenvalue weighted by Crippen LogP contribution is 2.33. The largest absolute Gasteiger partial charge is 0.494 e. The Bertz CT molecular complexity index is 1200. The van der Waals surface area contributed by atoms with Crippen molar-refractivity contribution in [2.75, 3.05) is 11.9 Å². The van der Waals surface area contributed by atoms with Crippen molar-refractivity contribution in [3.63, 3.8) is 0 Å². The molecule has 1 N–H and O–H groups in total. The van der Waals surface area contributed by atoms with E-state index in [-0.39, 0.29) is 23.5 Å². The molecule has 9 nitrogen and oxygen atoms in total. The van der Waals surface area contributed by atoms with E-state index in [2.05, 4.69) is 5.32 Å². The van der Waals surface area contributed by atoms with Crippen molar-refractivity contribution >= 4 is 28.8 Å². The number of rotatable bonds is 8. The van der Waals surface area contributed by atoms with Crippen LogP contribution < -0.4 is 10.1 Å². The molecule has 2 heterocycles. The van der Waals surface area contributed by atoms with Crippen molar-refractivity contribution in [3.8, 4) is 5.75 Å². The highest BCUT2D eigenvalue weighted by atomic mass is 16.6. The summed E-state index contributed by atoms with van der Waals surface area (Å²) in [5.74, 6) is 0.0128. The predicted octanol–water partition coefficient (Wildman–Crippen LogP) is 3.98. The number of carbonyl (C=O) groups excluding carboxylic acids is 2. The van der Waals surface area contributed by atoms with E-state index in [1.807, 2.05) is 6.92 Å². The Labute approximate surface area is 183 Å². The molecule has 162 valence electrons. The van der Waals surface area contributed by atoms with Crippen LogP contribution in [0.25, 0.3) is 5.57 Å². The minimum atomic E-state index is -0.526. The van der Waals surface area contributed by atoms with Crippen molar-refractivity contribution < 1.29 is 23.7 Å². The molecule has 0 radical (unpaired) electrons. The number of nitro groups is 1. The lowest BCUT2D eigenvalue weighted by molar-refractivity contribution is -0.384. The van der Waals surface area contributed by atoms with Gasteiger partial charge in [0.2, 0.25) is 0 Å². The number of nitro benzene ring substituents is 1. The maximum Gasteiger partial charge on any atom is 0.278 e. The highest BCUT2D eigenvalue weighted by molar-refractivity contribution is 6.36. The summed E-state index contributed by atoms with van der Waals surface area (Å²) >= 11 is 0. The van der Waals surface area contributed by atoms with E-state index < -0.39 is 16.7 Å². The normalized spacial score (nSPS) is 13.6. The fourth-order valence-electron chi connectivity index (χ4n) is 3.39. The molecule has 3 aromatic rings. The number of nitrogens with zero attached hydrogens (tertiary/aromatic N) is 2. The summed E-state index contributed by atoms with van der Waals surface area (Å²) in [5.41, 5.74) is 1.03. The van der Waals surface area contributed by atoms with Crippen molar-refractivity contribution in [1.82, 2.24) is 4.90 Å². The Morgan fingerprint density at radius 2 is 1.84 bits per heavy atom. The molecule has 0 atom stereocenters. The average Bonchev–Trinajstić information content (AvgIpc) is 3.37. The molecule has 2 aromatic carbocycles. The van der Waals surface area contributed by atoms with Gasteiger partial charge in [0.05, 0.1) is 29.9 Å². The third kappa shape index (κ3) is 4.08. The standard InChI is InChI=1S/C23H19N3O6/c1-2-31-18-6-3-5-16(13-18)24-21-20(15-8-10-17(11-9-15)26(29)30)22(27)25(23(21)28)14-19-7-4-12-32-19/h3-13,24H,2,14H2,1H3. The van der Waals surface area contributed by atoms with Crippen LogP contribution in [0.1, 0.15) is 18.2 Å². The fraction of sp³-hybridized carbons (Fsp3) is 0.130. The second-order valence-electron chi connectivity index (χ2n) is 6.92. The van der Waals surface area contributed by atoms with E-state index >= 15 is 0 Å². The molecule has 1 aromatic heterocycles. The molecule has 4 rings (SSSR count). The molecule has 0 saturated carbocycles. The van der Waals surface area contributed by atoms with E-state index in [0.717, 1.165) is 4.90 Å². The third-order valence-corrected chi connectivity index (χ3v) is 4.84. The minimum absolute atomic E-state index is 0.0364. The number of imide groups is 1. The lowest BCUT2D eigenvalue weighted by Gasteiger charge is -2.14. The van der Waals surface area contributed by atoms with Crippen LogP contribution in [0, 0.1) is 10.1 Å². The Morgan fingerprint density at radius 1 is 1.06 bits per heavy atom. The van der Waals surface area contributed by atoms with Crippen LogP contribution in [-0.4, -0.2) is 28.2 Å². The lowest BCUT2D eigenvalue weighted by atomic mass is 10.0. The summed E-state index contributed by atoms with van der Waals surface area (Å²) in [6, 6.07) is 15.8. The number of ether oxygens (including phenoxy) is 1. The van der Waals surface area contributed by atoms with Crippen LogP contribution in [-0.2, 0) is 16.1 Å². The number of furan rings is 1. The van der Waals surface area contributed by atoms with Crippen LogP contribution >= 0.6 is 0 Å². The van der Waals surface area contributed by atoms with Gasteiger partial charge in [-0.05, 0) is 48.9 Å². The summed E-state index contributed by atoms with van der Waals surface area (Å²) in [6.07, 6.45) is 1.46. The summed E-state index contributed by atoms with van der Waals surface area (Å²) in [4.78, 5) is 38.0. The van der Waals surface area contributed by atoms with Gasteiger partial charge in [0.15, 0.2) is 0 Å². The van der Waals surface area contributed by atoms with Gasteiger partial charge in [-0.2, -0.15) is 0 Å². The monoisotopic (exact) mass is 433 g/mol. The molecule has 0 aliphatic carbocycles. The second kappa shape index (κ2) is 8.76. The van der Waals surface area contributed by atoms with Crippen molar-refractivity contribution in [3.05, 3.63) is 94.1 Å². The van der Waals surface area contributed by atoms with Gasteiger partial charge in [-0.15, -0.1) is 0 Å². The number of benzene rings is 2. The number of hydrogen-bond donors (Lipinski definition) is 1. The number of non-ortho nitro benzene ring substituents is 1. The SMILES string of the molecule is CCOc1cccc(NC2=C(c3ccc([N+](=O)[O-])cc3)C(=O)N(Cc3ccco3)C2=O)c1. The Morgan fingerprint density at radius 3 is 2.50 bits per heavy atom. The molecule has 9 heteroatoms. The molecule has 0 spiro atoms. The summed E-state index contributed by atoms with van der Waals surface area (Å²) in [6.45, 7) is 2.31. The lowest BCUT2D eigenvalue weighted by Crippen LogP contribution is -2.31. The van der Waals surface area contributed by atoms with Gasteiger partial charge in [-0.1, -0.05) is 6.07 Å². The predicted molar refractivity (Wildman–Crippen MR) is 116 cm³/mol. The molecule has 2 amide bonds. The van der Waals surface area contributed by atoms with E-state index in [1.54, 1.807) is 36.4 Å². The minimum Gasteiger partial charge on any atom is -0.494 e. The zero-order valence-electron chi connectivity index (χ0n) is 17.1. The van der Waals surface area contributed by atoms with Gasteiger partial charge >= 0.3 is 0 Å². The molecule has 0 bridgehead atoms. The van der Waals surface area contributed by atoms with Crippen molar-refractivity contribution in [2.45, 2.75) is 13.5 Å². The quantitative estimate of drug-likeness (QED) is 0.325. The Hall–Kier alpha value is -4.40. The number of carbonyl (C=O) groups is 2. The fourth-order valence-corrected chi connectivity index (χ4v) is 3.39. The maximum absolute atomic E-state index is 13.2. The first kappa shape index (κ1) is 20.9. The van der Waals surface area contributed by atoms with Gasteiger partial charge < -0.3 is 14.5 Å². The van der Waals surface area contributed by atoms with E-state index in [1.165, 1.54) is 30.5 Å². The third-order valence-electron chi connectivity index (χ3n) is 4.84. The molecular formula is C23H19N3O6. The molecule has 32 heavy (non-hydrogen) atoms. The summed E-state index contributed by atoms with van der Waals surface area (Å²) in [5, 5.41) is 14.0. The molecule has 1 aliphatic rings. The van der Waals surface area contributed by atoms with Gasteiger partial charge in [-0.25, -0.2) is 0 Å².